The number of nitrogens with one attached hydrogen (secondary N) is 2. The number of thiazole rings is 1. The van der Waals surface area contributed by atoms with E-state index in [0.717, 1.165) is 4.88 Å². The van der Waals surface area contributed by atoms with Crippen molar-refractivity contribution < 1.29 is 13.6 Å². The van der Waals surface area contributed by atoms with Gasteiger partial charge in [-0.1, -0.05) is 6.07 Å². The quantitative estimate of drug-likeness (QED) is 0.648. The van der Waals surface area contributed by atoms with Crippen LogP contribution in [0.4, 0.5) is 10.1 Å². The van der Waals surface area contributed by atoms with Crippen LogP contribution in [0.25, 0.3) is 10.8 Å². The molecule has 2 aromatic heterocycles. The first-order valence-electron chi connectivity index (χ1n) is 7.82. The van der Waals surface area contributed by atoms with Gasteiger partial charge < -0.3 is 15.1 Å². The summed E-state index contributed by atoms with van der Waals surface area (Å²) in [5, 5.41) is 15.3. The lowest BCUT2D eigenvalue weighted by atomic mass is 10.2. The fourth-order valence-corrected chi connectivity index (χ4v) is 3.23. The second-order valence-electron chi connectivity index (χ2n) is 5.36. The van der Waals surface area contributed by atoms with Crippen LogP contribution >= 0.6 is 11.3 Å². The highest BCUT2D eigenvalue weighted by Crippen LogP contribution is 2.27. The van der Waals surface area contributed by atoms with Crippen LogP contribution < -0.4 is 10.6 Å². The van der Waals surface area contributed by atoms with E-state index >= 15 is 0 Å². The number of furan rings is 1. The van der Waals surface area contributed by atoms with Gasteiger partial charge in [0.15, 0.2) is 10.8 Å². The fourth-order valence-electron chi connectivity index (χ4n) is 2.35. The van der Waals surface area contributed by atoms with Gasteiger partial charge in [-0.25, -0.2) is 9.37 Å². The largest absolute Gasteiger partial charge is 0.462 e. The Hall–Kier alpha value is -3.18. The topological polar surface area (TPSA) is 90.9 Å². The molecule has 0 aliphatic rings. The van der Waals surface area contributed by atoms with Crippen LogP contribution in [0.1, 0.15) is 20.9 Å². The van der Waals surface area contributed by atoms with Crippen molar-refractivity contribution in [2.75, 3.05) is 18.4 Å². The monoisotopic (exact) mass is 370 g/mol. The number of carbonyl (C=O) groups excluding carboxylic acids is 1. The summed E-state index contributed by atoms with van der Waals surface area (Å²) in [6, 6.07) is 9.74. The van der Waals surface area contributed by atoms with Crippen molar-refractivity contribution in [2.45, 2.75) is 6.92 Å². The number of aromatic nitrogens is 1. The van der Waals surface area contributed by atoms with Crippen LogP contribution in [0.5, 0.6) is 0 Å². The summed E-state index contributed by atoms with van der Waals surface area (Å²) in [5.41, 5.74) is 0.703. The number of halogens is 1. The standard InChI is InChI=1S/C18H15FN4O2S/c1-11-16(23-18(26-11)15-6-3-9-25-15)17(24)22-8-7-21-14-5-2-4-13(19)12(14)10-20/h2-6,9,21H,7-8H2,1H3,(H,22,24). The summed E-state index contributed by atoms with van der Waals surface area (Å²) < 4.78 is 18.8. The smallest absolute Gasteiger partial charge is 0.271 e. The molecule has 0 unspecified atom stereocenters. The van der Waals surface area contributed by atoms with Gasteiger partial charge in [0.25, 0.3) is 5.91 Å². The molecule has 0 aliphatic carbocycles. The van der Waals surface area contributed by atoms with Gasteiger partial charge >= 0.3 is 0 Å². The Kier molecular flexibility index (Phi) is 5.29. The molecule has 0 saturated heterocycles. The van der Waals surface area contributed by atoms with E-state index < -0.39 is 5.82 Å². The molecule has 6 nitrogen and oxygen atoms in total. The van der Waals surface area contributed by atoms with Crippen LogP contribution in [0.2, 0.25) is 0 Å². The molecule has 26 heavy (non-hydrogen) atoms. The number of rotatable bonds is 6. The molecule has 0 saturated carbocycles. The molecule has 3 rings (SSSR count). The Balaban J connectivity index is 1.57. The number of hydrogen-bond acceptors (Lipinski definition) is 6. The van der Waals surface area contributed by atoms with E-state index in [1.165, 1.54) is 23.5 Å². The summed E-state index contributed by atoms with van der Waals surface area (Å²) in [5.74, 6) is -0.253. The second-order valence-corrected chi connectivity index (χ2v) is 6.56. The summed E-state index contributed by atoms with van der Waals surface area (Å²) in [6.45, 7) is 2.47. The van der Waals surface area contributed by atoms with Gasteiger partial charge in [0.1, 0.15) is 23.1 Å². The Morgan fingerprint density at radius 1 is 1.35 bits per heavy atom. The van der Waals surface area contributed by atoms with E-state index in [2.05, 4.69) is 15.6 Å². The molecule has 0 atom stereocenters. The molecule has 0 bridgehead atoms. The van der Waals surface area contributed by atoms with E-state index in [0.29, 0.717) is 35.2 Å². The molecular formula is C18H15FN4O2S. The molecule has 132 valence electrons. The minimum atomic E-state index is -0.579. The number of anilines is 1. The van der Waals surface area contributed by atoms with Crippen LogP contribution in [0.3, 0.4) is 0 Å². The average molecular weight is 370 g/mol. The maximum absolute atomic E-state index is 13.5. The highest BCUT2D eigenvalue weighted by Gasteiger charge is 2.17. The number of hydrogen-bond donors (Lipinski definition) is 2. The lowest BCUT2D eigenvalue weighted by Crippen LogP contribution is -2.29. The maximum atomic E-state index is 13.5. The third kappa shape index (κ3) is 3.73. The van der Waals surface area contributed by atoms with E-state index in [1.54, 1.807) is 24.5 Å². The number of amides is 1. The fraction of sp³-hybridized carbons (Fsp3) is 0.167. The minimum absolute atomic E-state index is 0.0442. The molecule has 1 aromatic carbocycles. The van der Waals surface area contributed by atoms with E-state index in [4.69, 9.17) is 9.68 Å². The summed E-state index contributed by atoms with van der Waals surface area (Å²) in [6.07, 6.45) is 1.55. The molecule has 1 amide bonds. The molecule has 8 heteroatoms. The van der Waals surface area contributed by atoms with Crippen molar-refractivity contribution >= 4 is 22.9 Å². The zero-order valence-electron chi connectivity index (χ0n) is 13.9. The predicted molar refractivity (Wildman–Crippen MR) is 96.5 cm³/mol. The predicted octanol–water partition coefficient (Wildman–Crippen LogP) is 3.56. The highest BCUT2D eigenvalue weighted by atomic mass is 32.1. The zero-order valence-corrected chi connectivity index (χ0v) is 14.7. The number of benzene rings is 1. The third-order valence-electron chi connectivity index (χ3n) is 3.60. The van der Waals surface area contributed by atoms with Gasteiger partial charge in [0.2, 0.25) is 0 Å². The highest BCUT2D eigenvalue weighted by molar-refractivity contribution is 7.15. The van der Waals surface area contributed by atoms with E-state index in [1.807, 2.05) is 13.0 Å². The normalized spacial score (nSPS) is 10.3. The van der Waals surface area contributed by atoms with Crippen LogP contribution in [-0.4, -0.2) is 24.0 Å². The Bertz CT molecular complexity index is 960. The zero-order chi connectivity index (χ0) is 18.5. The van der Waals surface area contributed by atoms with Crippen LogP contribution in [0, 0.1) is 24.1 Å². The lowest BCUT2D eigenvalue weighted by Gasteiger charge is -2.09. The first-order chi connectivity index (χ1) is 12.6. The number of nitriles is 1. The van der Waals surface area contributed by atoms with Crippen molar-refractivity contribution in [1.29, 1.82) is 5.26 Å². The van der Waals surface area contributed by atoms with Crippen molar-refractivity contribution in [3.05, 3.63) is 58.5 Å². The summed E-state index contributed by atoms with van der Waals surface area (Å²) in [7, 11) is 0. The molecule has 3 aromatic rings. The van der Waals surface area contributed by atoms with Gasteiger partial charge in [-0.15, -0.1) is 11.3 Å². The number of aryl methyl sites for hydroxylation is 1. The maximum Gasteiger partial charge on any atom is 0.271 e. The molecular weight excluding hydrogens is 355 g/mol. The van der Waals surface area contributed by atoms with Crippen molar-refractivity contribution in [1.82, 2.24) is 10.3 Å². The van der Waals surface area contributed by atoms with Gasteiger partial charge in [0, 0.05) is 18.0 Å². The lowest BCUT2D eigenvalue weighted by molar-refractivity contribution is 0.0950. The molecule has 0 fully saturated rings. The van der Waals surface area contributed by atoms with E-state index in [-0.39, 0.29) is 11.5 Å². The molecule has 0 spiro atoms. The molecule has 2 heterocycles. The van der Waals surface area contributed by atoms with Crippen molar-refractivity contribution in [2.24, 2.45) is 0 Å². The third-order valence-corrected chi connectivity index (χ3v) is 4.58. The van der Waals surface area contributed by atoms with E-state index in [9.17, 15) is 9.18 Å². The van der Waals surface area contributed by atoms with Gasteiger partial charge in [0.05, 0.1) is 12.0 Å². The summed E-state index contributed by atoms with van der Waals surface area (Å²) in [4.78, 5) is 17.4. The van der Waals surface area contributed by atoms with Gasteiger partial charge in [-0.05, 0) is 31.2 Å². The number of carbonyl (C=O) groups is 1. The van der Waals surface area contributed by atoms with Crippen molar-refractivity contribution in [3.8, 4) is 16.8 Å². The summed E-state index contributed by atoms with van der Waals surface area (Å²) >= 11 is 1.38. The van der Waals surface area contributed by atoms with Crippen LogP contribution in [0.15, 0.2) is 41.0 Å². The SMILES string of the molecule is Cc1sc(-c2ccco2)nc1C(=O)NCCNc1cccc(F)c1C#N. The first-order valence-corrected chi connectivity index (χ1v) is 8.63. The first kappa shape index (κ1) is 17.6. The van der Waals surface area contributed by atoms with Crippen LogP contribution in [-0.2, 0) is 0 Å². The van der Waals surface area contributed by atoms with Gasteiger partial charge in [-0.2, -0.15) is 5.26 Å². The van der Waals surface area contributed by atoms with Gasteiger partial charge in [-0.3, -0.25) is 4.79 Å². The minimum Gasteiger partial charge on any atom is -0.462 e. The molecule has 0 radical (unpaired) electrons. The number of nitrogens with zero attached hydrogens (tertiary/aromatic N) is 2. The van der Waals surface area contributed by atoms with Crippen molar-refractivity contribution in [3.63, 3.8) is 0 Å². The molecule has 0 aliphatic heterocycles. The Morgan fingerprint density at radius 3 is 2.92 bits per heavy atom. The Labute approximate surface area is 153 Å². The Morgan fingerprint density at radius 2 is 2.19 bits per heavy atom. The average Bonchev–Trinajstić information content (AvgIpc) is 3.28. The molecule has 2 N–H and O–H groups in total. The second kappa shape index (κ2) is 7.80.